The Kier molecular flexibility index (Phi) is 7.89. The van der Waals surface area contributed by atoms with Gasteiger partial charge in [-0.3, -0.25) is 9.59 Å². The van der Waals surface area contributed by atoms with Crippen LogP contribution in [0.5, 0.6) is 0 Å². The minimum Gasteiger partial charge on any atom is -0.481 e. The summed E-state index contributed by atoms with van der Waals surface area (Å²) in [4.78, 5) is 21.1. The van der Waals surface area contributed by atoms with Gasteiger partial charge in [-0.15, -0.1) is 0 Å². The fourth-order valence-electron chi connectivity index (χ4n) is 1.12. The zero-order chi connectivity index (χ0) is 10.8. The standard InChI is InChI=1S/C10H19NO3/c1-2-6-9(12)11-8-5-3-4-7-10(13)14/h2-8H2,1H3,(H,11,12)(H,13,14). The number of carbonyl (C=O) groups is 2. The van der Waals surface area contributed by atoms with Gasteiger partial charge in [0.05, 0.1) is 0 Å². The first-order valence-electron chi connectivity index (χ1n) is 5.15. The predicted molar refractivity (Wildman–Crippen MR) is 54.0 cm³/mol. The maximum absolute atomic E-state index is 11.0. The monoisotopic (exact) mass is 201 g/mol. The second-order valence-corrected chi connectivity index (χ2v) is 3.30. The van der Waals surface area contributed by atoms with E-state index in [9.17, 15) is 9.59 Å². The van der Waals surface area contributed by atoms with Crippen molar-refractivity contribution in [3.8, 4) is 0 Å². The van der Waals surface area contributed by atoms with E-state index in [1.54, 1.807) is 0 Å². The van der Waals surface area contributed by atoms with Crippen LogP contribution in [0, 0.1) is 0 Å². The zero-order valence-electron chi connectivity index (χ0n) is 8.71. The van der Waals surface area contributed by atoms with E-state index in [-0.39, 0.29) is 12.3 Å². The lowest BCUT2D eigenvalue weighted by molar-refractivity contribution is -0.137. The number of nitrogens with one attached hydrogen (secondary N) is 1. The molecule has 0 spiro atoms. The molecule has 4 heteroatoms. The molecular weight excluding hydrogens is 182 g/mol. The number of carbonyl (C=O) groups excluding carboxylic acids is 1. The second kappa shape index (κ2) is 8.53. The lowest BCUT2D eigenvalue weighted by Gasteiger charge is -2.03. The molecule has 0 radical (unpaired) electrons. The number of rotatable bonds is 8. The summed E-state index contributed by atoms with van der Waals surface area (Å²) in [5.41, 5.74) is 0. The highest BCUT2D eigenvalue weighted by Crippen LogP contribution is 1.98. The molecule has 0 fully saturated rings. The van der Waals surface area contributed by atoms with Crippen molar-refractivity contribution in [2.75, 3.05) is 6.54 Å². The van der Waals surface area contributed by atoms with Crippen molar-refractivity contribution in [1.82, 2.24) is 5.32 Å². The second-order valence-electron chi connectivity index (χ2n) is 3.30. The van der Waals surface area contributed by atoms with Gasteiger partial charge >= 0.3 is 5.97 Å². The molecule has 0 heterocycles. The van der Waals surface area contributed by atoms with Crippen LogP contribution in [0.2, 0.25) is 0 Å². The maximum atomic E-state index is 11.0. The molecule has 0 rings (SSSR count). The van der Waals surface area contributed by atoms with Gasteiger partial charge in [-0.05, 0) is 19.3 Å². The first-order chi connectivity index (χ1) is 6.66. The van der Waals surface area contributed by atoms with Gasteiger partial charge in [-0.2, -0.15) is 0 Å². The normalized spacial score (nSPS) is 9.79. The Morgan fingerprint density at radius 1 is 1.14 bits per heavy atom. The van der Waals surface area contributed by atoms with E-state index in [0.717, 1.165) is 19.3 Å². The Labute approximate surface area is 84.7 Å². The Morgan fingerprint density at radius 2 is 1.86 bits per heavy atom. The molecule has 0 aromatic carbocycles. The van der Waals surface area contributed by atoms with Crippen molar-refractivity contribution in [2.24, 2.45) is 0 Å². The van der Waals surface area contributed by atoms with Gasteiger partial charge < -0.3 is 10.4 Å². The number of amides is 1. The first kappa shape index (κ1) is 12.9. The van der Waals surface area contributed by atoms with Gasteiger partial charge in [0.15, 0.2) is 0 Å². The van der Waals surface area contributed by atoms with Crippen LogP contribution in [0.25, 0.3) is 0 Å². The number of carboxylic acid groups (broad SMARTS) is 1. The third kappa shape index (κ3) is 9.03. The van der Waals surface area contributed by atoms with Crippen LogP contribution >= 0.6 is 0 Å². The van der Waals surface area contributed by atoms with Crippen molar-refractivity contribution in [1.29, 1.82) is 0 Å². The molecule has 0 unspecified atom stereocenters. The molecule has 14 heavy (non-hydrogen) atoms. The van der Waals surface area contributed by atoms with Gasteiger partial charge in [0.25, 0.3) is 0 Å². The number of hydrogen-bond donors (Lipinski definition) is 2. The van der Waals surface area contributed by atoms with Crippen LogP contribution < -0.4 is 5.32 Å². The first-order valence-corrected chi connectivity index (χ1v) is 5.15. The molecule has 2 N–H and O–H groups in total. The Hall–Kier alpha value is -1.06. The summed E-state index contributed by atoms with van der Waals surface area (Å²) in [5.74, 6) is -0.661. The van der Waals surface area contributed by atoms with Crippen molar-refractivity contribution in [3.63, 3.8) is 0 Å². The third-order valence-electron chi connectivity index (χ3n) is 1.87. The van der Waals surface area contributed by atoms with E-state index in [4.69, 9.17) is 5.11 Å². The molecule has 0 aromatic rings. The smallest absolute Gasteiger partial charge is 0.303 e. The summed E-state index contributed by atoms with van der Waals surface area (Å²) in [6.45, 7) is 2.63. The molecule has 0 aliphatic heterocycles. The number of carboxylic acids is 1. The maximum Gasteiger partial charge on any atom is 0.303 e. The highest BCUT2D eigenvalue weighted by atomic mass is 16.4. The number of aliphatic carboxylic acids is 1. The van der Waals surface area contributed by atoms with Gasteiger partial charge in [0.1, 0.15) is 0 Å². The molecule has 0 saturated heterocycles. The van der Waals surface area contributed by atoms with Crippen LogP contribution in [0.3, 0.4) is 0 Å². The van der Waals surface area contributed by atoms with Crippen LogP contribution in [0.15, 0.2) is 0 Å². The Morgan fingerprint density at radius 3 is 2.43 bits per heavy atom. The summed E-state index contributed by atoms with van der Waals surface area (Å²) in [7, 11) is 0. The van der Waals surface area contributed by atoms with Crippen LogP contribution in [0.1, 0.15) is 45.4 Å². The summed E-state index contributed by atoms with van der Waals surface area (Å²) in [6, 6.07) is 0. The van der Waals surface area contributed by atoms with E-state index >= 15 is 0 Å². The lowest BCUT2D eigenvalue weighted by atomic mass is 10.2. The van der Waals surface area contributed by atoms with Gasteiger partial charge in [0.2, 0.25) is 5.91 Å². The van der Waals surface area contributed by atoms with Crippen molar-refractivity contribution in [2.45, 2.75) is 45.4 Å². The fraction of sp³-hybridized carbons (Fsp3) is 0.800. The lowest BCUT2D eigenvalue weighted by Crippen LogP contribution is -2.23. The van der Waals surface area contributed by atoms with E-state index in [2.05, 4.69) is 5.32 Å². The summed E-state index contributed by atoms with van der Waals surface area (Å²) in [6.07, 6.45) is 4.09. The van der Waals surface area contributed by atoms with Crippen LogP contribution in [-0.4, -0.2) is 23.5 Å². The molecule has 1 amide bonds. The van der Waals surface area contributed by atoms with E-state index < -0.39 is 5.97 Å². The molecule has 0 aliphatic rings. The fourth-order valence-corrected chi connectivity index (χ4v) is 1.12. The molecule has 0 bridgehead atoms. The van der Waals surface area contributed by atoms with E-state index in [1.807, 2.05) is 6.92 Å². The Balaban J connectivity index is 3.13. The van der Waals surface area contributed by atoms with Gasteiger partial charge in [0, 0.05) is 19.4 Å². The predicted octanol–water partition coefficient (Wildman–Crippen LogP) is 1.55. The number of unbranched alkanes of at least 4 members (excludes halogenated alkanes) is 2. The average molecular weight is 201 g/mol. The minimum atomic E-state index is -0.750. The molecule has 0 aliphatic carbocycles. The molecule has 0 atom stereocenters. The van der Waals surface area contributed by atoms with Gasteiger partial charge in [-0.25, -0.2) is 0 Å². The quantitative estimate of drug-likeness (QED) is 0.585. The topological polar surface area (TPSA) is 66.4 Å². The highest BCUT2D eigenvalue weighted by molar-refractivity contribution is 5.75. The zero-order valence-corrected chi connectivity index (χ0v) is 8.71. The van der Waals surface area contributed by atoms with E-state index in [1.165, 1.54) is 0 Å². The summed E-state index contributed by atoms with van der Waals surface area (Å²) < 4.78 is 0. The van der Waals surface area contributed by atoms with Crippen LogP contribution in [-0.2, 0) is 9.59 Å². The number of hydrogen-bond acceptors (Lipinski definition) is 2. The van der Waals surface area contributed by atoms with E-state index in [0.29, 0.717) is 19.4 Å². The minimum absolute atomic E-state index is 0.0886. The SMILES string of the molecule is CCCC(=O)NCCCCCC(=O)O. The van der Waals surface area contributed by atoms with Crippen molar-refractivity contribution < 1.29 is 14.7 Å². The molecule has 0 saturated carbocycles. The summed E-state index contributed by atoms with van der Waals surface area (Å²) >= 11 is 0. The molecule has 82 valence electrons. The van der Waals surface area contributed by atoms with Crippen molar-refractivity contribution >= 4 is 11.9 Å². The molecular formula is C10H19NO3. The molecule has 4 nitrogen and oxygen atoms in total. The summed E-state index contributed by atoms with van der Waals surface area (Å²) in [5, 5.41) is 11.1. The van der Waals surface area contributed by atoms with Crippen LogP contribution in [0.4, 0.5) is 0 Å². The third-order valence-corrected chi connectivity index (χ3v) is 1.87. The largest absolute Gasteiger partial charge is 0.481 e. The highest BCUT2D eigenvalue weighted by Gasteiger charge is 1.98. The van der Waals surface area contributed by atoms with Gasteiger partial charge in [-0.1, -0.05) is 13.3 Å². The average Bonchev–Trinajstić information content (AvgIpc) is 2.11. The Bertz CT molecular complexity index is 180. The molecule has 0 aromatic heterocycles. The van der Waals surface area contributed by atoms with Crippen molar-refractivity contribution in [3.05, 3.63) is 0 Å².